The Balaban J connectivity index is 1.35. The van der Waals surface area contributed by atoms with Crippen LogP contribution in [0.3, 0.4) is 0 Å². The molecule has 1 aliphatic heterocycles. The molecule has 0 bridgehead atoms. The van der Waals surface area contributed by atoms with Crippen LogP contribution in [0.25, 0.3) is 22.5 Å². The molecule has 40 heavy (non-hydrogen) atoms. The lowest BCUT2D eigenvalue weighted by Crippen LogP contribution is -2.35. The molecule has 1 aromatic heterocycles. The highest BCUT2D eigenvalue weighted by atomic mass is 19.1. The third kappa shape index (κ3) is 5.14. The lowest BCUT2D eigenvalue weighted by molar-refractivity contribution is -0.119. The summed E-state index contributed by atoms with van der Waals surface area (Å²) in [6, 6.07) is 11.5. The number of aryl methyl sites for hydroxylation is 1. The van der Waals surface area contributed by atoms with Crippen LogP contribution in [0.1, 0.15) is 37.7 Å². The maximum absolute atomic E-state index is 15.2. The number of fused-ring (bicyclic) bond motifs is 1. The Labute approximate surface area is 225 Å². The summed E-state index contributed by atoms with van der Waals surface area (Å²) in [5.41, 5.74) is 2.50. The number of hydrogen-bond acceptors (Lipinski definition) is 5. The average Bonchev–Trinajstić information content (AvgIpc) is 3.48. The molecule has 3 aromatic carbocycles. The molecule has 10 nitrogen and oxygen atoms in total. The van der Waals surface area contributed by atoms with Crippen molar-refractivity contribution in [3.8, 4) is 22.5 Å². The van der Waals surface area contributed by atoms with Crippen molar-refractivity contribution in [2.45, 2.75) is 19.9 Å². The van der Waals surface area contributed by atoms with Crippen molar-refractivity contribution in [1.82, 2.24) is 20.6 Å². The number of carboxylic acids is 1. The van der Waals surface area contributed by atoms with Gasteiger partial charge in [-0.05, 0) is 60.0 Å². The first-order valence-corrected chi connectivity index (χ1v) is 12.0. The van der Waals surface area contributed by atoms with E-state index in [-0.39, 0.29) is 41.3 Å². The molecule has 0 saturated heterocycles. The van der Waals surface area contributed by atoms with Gasteiger partial charge >= 0.3 is 12.0 Å². The number of imide groups is 1. The van der Waals surface area contributed by atoms with E-state index in [1.807, 2.05) is 0 Å². The summed E-state index contributed by atoms with van der Waals surface area (Å²) in [5.74, 6) is -3.17. The van der Waals surface area contributed by atoms with E-state index in [2.05, 4.69) is 25.9 Å². The molecule has 2 heterocycles. The third-order valence-corrected chi connectivity index (χ3v) is 6.36. The largest absolute Gasteiger partial charge is 0.476 e. The lowest BCUT2D eigenvalue weighted by atomic mass is 9.92. The molecular weight excluding hydrogens is 524 g/mol. The number of anilines is 1. The summed E-state index contributed by atoms with van der Waals surface area (Å²) in [6.45, 7) is 1.68. The Bertz CT molecular complexity index is 1700. The van der Waals surface area contributed by atoms with E-state index in [1.165, 1.54) is 36.4 Å². The van der Waals surface area contributed by atoms with Gasteiger partial charge in [-0.2, -0.15) is 0 Å². The minimum absolute atomic E-state index is 0.0862. The summed E-state index contributed by atoms with van der Waals surface area (Å²) < 4.78 is 28.3. The predicted molar refractivity (Wildman–Crippen MR) is 140 cm³/mol. The molecule has 0 saturated carbocycles. The van der Waals surface area contributed by atoms with E-state index in [0.29, 0.717) is 27.9 Å². The van der Waals surface area contributed by atoms with Gasteiger partial charge in [0, 0.05) is 29.1 Å². The van der Waals surface area contributed by atoms with Crippen LogP contribution in [0.4, 0.5) is 19.3 Å². The second-order valence-corrected chi connectivity index (χ2v) is 9.06. The van der Waals surface area contributed by atoms with Crippen LogP contribution in [0.5, 0.6) is 0 Å². The first kappa shape index (κ1) is 26.2. The van der Waals surface area contributed by atoms with E-state index in [9.17, 15) is 28.7 Å². The van der Waals surface area contributed by atoms with Gasteiger partial charge in [-0.3, -0.25) is 14.9 Å². The SMILES string of the molecule is Cc1[nH]c(-c2ccc(-c3ccc(NC(=O)NC(=O)Cc4ccc(F)cc4)cc3F)c3c2C(=O)NC3)nc1C(=O)O. The Hall–Kier alpha value is -5.39. The van der Waals surface area contributed by atoms with Crippen LogP contribution in [-0.4, -0.2) is 38.9 Å². The van der Waals surface area contributed by atoms with Crippen molar-refractivity contribution in [2.75, 3.05) is 5.32 Å². The number of rotatable bonds is 6. The highest BCUT2D eigenvalue weighted by molar-refractivity contribution is 6.06. The minimum Gasteiger partial charge on any atom is -0.476 e. The first-order chi connectivity index (χ1) is 19.1. The van der Waals surface area contributed by atoms with E-state index in [4.69, 9.17) is 0 Å². The number of aromatic nitrogens is 2. The smallest absolute Gasteiger partial charge is 0.356 e. The maximum Gasteiger partial charge on any atom is 0.356 e. The number of aromatic amines is 1. The number of nitrogens with one attached hydrogen (secondary N) is 4. The van der Waals surface area contributed by atoms with Crippen molar-refractivity contribution >= 4 is 29.5 Å². The van der Waals surface area contributed by atoms with Gasteiger partial charge in [-0.1, -0.05) is 18.2 Å². The molecule has 1 aliphatic rings. The molecule has 0 aliphatic carbocycles. The van der Waals surface area contributed by atoms with E-state index >= 15 is 4.39 Å². The van der Waals surface area contributed by atoms with Gasteiger partial charge in [0.2, 0.25) is 5.91 Å². The standard InChI is InChI=1S/C28H21F2N5O5/c1-13-24(27(38)39)35-25(32-13)19-9-8-17(20-12-31-26(37)23(19)20)18-7-6-16(11-21(18)30)33-28(40)34-22(36)10-14-2-4-15(29)5-3-14/h2-9,11H,10,12H2,1H3,(H,31,37)(H,32,35)(H,38,39)(H2,33,34,36,40). The summed E-state index contributed by atoms with van der Waals surface area (Å²) >= 11 is 0. The number of imidazole rings is 1. The number of carbonyl (C=O) groups is 4. The van der Waals surface area contributed by atoms with Gasteiger partial charge in [0.1, 0.15) is 17.5 Å². The number of carboxylic acid groups (broad SMARTS) is 1. The van der Waals surface area contributed by atoms with E-state index < -0.39 is 35.4 Å². The van der Waals surface area contributed by atoms with Crippen molar-refractivity contribution < 1.29 is 33.1 Å². The topological polar surface area (TPSA) is 153 Å². The van der Waals surface area contributed by atoms with Crippen LogP contribution in [0.2, 0.25) is 0 Å². The molecule has 0 fully saturated rings. The minimum atomic E-state index is -1.21. The average molecular weight is 546 g/mol. The van der Waals surface area contributed by atoms with Gasteiger partial charge in [-0.25, -0.2) is 23.4 Å². The number of amides is 4. The van der Waals surface area contributed by atoms with Gasteiger partial charge in [0.05, 0.1) is 12.0 Å². The monoisotopic (exact) mass is 545 g/mol. The molecule has 0 radical (unpaired) electrons. The van der Waals surface area contributed by atoms with Crippen LogP contribution < -0.4 is 16.0 Å². The van der Waals surface area contributed by atoms with Crippen molar-refractivity contribution in [1.29, 1.82) is 0 Å². The number of benzene rings is 3. The fourth-order valence-electron chi connectivity index (χ4n) is 4.53. The molecular formula is C28H21F2N5O5. The third-order valence-electron chi connectivity index (χ3n) is 6.36. The van der Waals surface area contributed by atoms with E-state index in [1.54, 1.807) is 19.1 Å². The summed E-state index contributed by atoms with van der Waals surface area (Å²) in [7, 11) is 0. The van der Waals surface area contributed by atoms with Gasteiger partial charge in [-0.15, -0.1) is 0 Å². The number of urea groups is 1. The zero-order chi connectivity index (χ0) is 28.6. The van der Waals surface area contributed by atoms with Gasteiger partial charge in [0.15, 0.2) is 5.69 Å². The summed E-state index contributed by atoms with van der Waals surface area (Å²) in [5, 5.41) is 16.6. The number of hydrogen-bond donors (Lipinski definition) is 5. The fourth-order valence-corrected chi connectivity index (χ4v) is 4.53. The lowest BCUT2D eigenvalue weighted by Gasteiger charge is -2.13. The van der Waals surface area contributed by atoms with Crippen LogP contribution in [-0.2, 0) is 17.8 Å². The fraction of sp³-hybridized carbons (Fsp3) is 0.107. The van der Waals surface area contributed by atoms with Crippen LogP contribution in [0.15, 0.2) is 54.6 Å². The zero-order valence-electron chi connectivity index (χ0n) is 20.9. The molecule has 5 rings (SSSR count). The van der Waals surface area contributed by atoms with Crippen molar-refractivity contribution in [3.05, 3.63) is 94.3 Å². The first-order valence-electron chi connectivity index (χ1n) is 12.0. The number of nitrogens with zero attached hydrogens (tertiary/aromatic N) is 1. The van der Waals surface area contributed by atoms with Crippen molar-refractivity contribution in [2.24, 2.45) is 0 Å². The molecule has 0 spiro atoms. The molecule has 5 N–H and O–H groups in total. The Kier molecular flexibility index (Phi) is 6.82. The maximum atomic E-state index is 15.2. The normalized spacial score (nSPS) is 12.0. The quantitative estimate of drug-likeness (QED) is 0.245. The second-order valence-electron chi connectivity index (χ2n) is 9.06. The molecule has 4 aromatic rings. The summed E-state index contributed by atoms with van der Waals surface area (Å²) in [6.07, 6.45) is -0.149. The number of aromatic carboxylic acids is 1. The Morgan fingerprint density at radius 3 is 2.38 bits per heavy atom. The van der Waals surface area contributed by atoms with Gasteiger partial charge in [0.25, 0.3) is 5.91 Å². The molecule has 12 heteroatoms. The number of H-pyrrole nitrogens is 1. The second kappa shape index (κ2) is 10.4. The van der Waals surface area contributed by atoms with Crippen LogP contribution in [0, 0.1) is 18.6 Å². The number of carbonyl (C=O) groups excluding carboxylic acids is 3. The zero-order valence-corrected chi connectivity index (χ0v) is 20.9. The molecule has 202 valence electrons. The highest BCUT2D eigenvalue weighted by Crippen LogP contribution is 2.37. The summed E-state index contributed by atoms with van der Waals surface area (Å²) in [4.78, 5) is 55.4. The van der Waals surface area contributed by atoms with Crippen molar-refractivity contribution in [3.63, 3.8) is 0 Å². The van der Waals surface area contributed by atoms with E-state index in [0.717, 1.165) is 6.07 Å². The van der Waals surface area contributed by atoms with Gasteiger partial charge < -0.3 is 20.7 Å². The predicted octanol–water partition coefficient (Wildman–Crippen LogP) is 4.16. The highest BCUT2D eigenvalue weighted by Gasteiger charge is 2.29. The Morgan fingerprint density at radius 2 is 1.70 bits per heavy atom. The van der Waals surface area contributed by atoms with Crippen LogP contribution >= 0.6 is 0 Å². The molecule has 4 amide bonds. The number of halogens is 2. The molecule has 0 unspecified atom stereocenters. The Morgan fingerprint density at radius 1 is 1.00 bits per heavy atom. The molecule has 0 atom stereocenters.